The van der Waals surface area contributed by atoms with Gasteiger partial charge in [0.1, 0.15) is 0 Å². The van der Waals surface area contributed by atoms with Crippen molar-refractivity contribution in [1.29, 1.82) is 0 Å². The molecule has 0 radical (unpaired) electrons. The molecule has 2 heterocycles. The number of rotatable bonds is 8. The van der Waals surface area contributed by atoms with E-state index in [1.165, 1.54) is 17.3 Å². The van der Waals surface area contributed by atoms with Gasteiger partial charge in [0.05, 0.1) is 11.8 Å². The third-order valence-corrected chi connectivity index (χ3v) is 6.48. The Morgan fingerprint density at radius 3 is 2.60 bits per heavy atom. The summed E-state index contributed by atoms with van der Waals surface area (Å²) in [5, 5.41) is 12.9. The van der Waals surface area contributed by atoms with Crippen LogP contribution in [0.2, 0.25) is 0 Å². The Balaban J connectivity index is 1.39. The van der Waals surface area contributed by atoms with E-state index in [2.05, 4.69) is 39.6 Å². The fourth-order valence-electron chi connectivity index (χ4n) is 3.09. The summed E-state index contributed by atoms with van der Waals surface area (Å²) in [5.74, 6) is 0.906. The van der Waals surface area contributed by atoms with Crippen LogP contribution in [0.5, 0.6) is 0 Å². The fraction of sp³-hybridized carbons (Fsp3) is 0.174. The number of benzene rings is 2. The van der Waals surface area contributed by atoms with Crippen molar-refractivity contribution in [2.45, 2.75) is 24.5 Å². The molecule has 1 atom stereocenters. The SMILES string of the molecule is CCc1ccc(-c2nc(SCC(=O)N[C@H](c3ccccc3)c3cccs3)n[nH]2)cc1. The van der Waals surface area contributed by atoms with Gasteiger partial charge in [-0.05, 0) is 29.0 Å². The molecule has 0 aliphatic carbocycles. The van der Waals surface area contributed by atoms with Crippen molar-refractivity contribution >= 4 is 29.0 Å². The number of aromatic amines is 1. The zero-order valence-corrected chi connectivity index (χ0v) is 18.2. The number of aryl methyl sites for hydroxylation is 1. The van der Waals surface area contributed by atoms with Crippen molar-refractivity contribution in [3.8, 4) is 11.4 Å². The minimum absolute atomic E-state index is 0.0547. The minimum Gasteiger partial charge on any atom is -0.344 e. The Kier molecular flexibility index (Phi) is 6.61. The molecule has 30 heavy (non-hydrogen) atoms. The molecule has 0 aliphatic rings. The largest absolute Gasteiger partial charge is 0.344 e. The molecule has 1 amide bonds. The number of hydrogen-bond acceptors (Lipinski definition) is 5. The second-order valence-corrected chi connectivity index (χ2v) is 8.65. The van der Waals surface area contributed by atoms with Gasteiger partial charge in [-0.2, -0.15) is 0 Å². The van der Waals surface area contributed by atoms with Gasteiger partial charge >= 0.3 is 0 Å². The average Bonchev–Trinajstić information content (AvgIpc) is 3.49. The number of nitrogens with one attached hydrogen (secondary N) is 2. The number of thioether (sulfide) groups is 1. The van der Waals surface area contributed by atoms with E-state index in [0.717, 1.165) is 22.4 Å². The molecule has 0 fully saturated rings. The summed E-state index contributed by atoms with van der Waals surface area (Å²) in [5.41, 5.74) is 3.33. The van der Waals surface area contributed by atoms with Crippen molar-refractivity contribution in [2.24, 2.45) is 0 Å². The number of hydrogen-bond donors (Lipinski definition) is 2. The Morgan fingerprint density at radius 2 is 1.90 bits per heavy atom. The van der Waals surface area contributed by atoms with E-state index in [1.54, 1.807) is 11.3 Å². The fourth-order valence-corrected chi connectivity index (χ4v) is 4.50. The smallest absolute Gasteiger partial charge is 0.231 e. The summed E-state index contributed by atoms with van der Waals surface area (Å²) < 4.78 is 0. The molecule has 0 saturated carbocycles. The predicted octanol–water partition coefficient (Wildman–Crippen LogP) is 5.09. The molecule has 2 N–H and O–H groups in total. The maximum atomic E-state index is 12.6. The summed E-state index contributed by atoms with van der Waals surface area (Å²) in [6, 6.07) is 22.1. The first-order chi connectivity index (χ1) is 14.7. The van der Waals surface area contributed by atoms with Gasteiger partial charge in [0, 0.05) is 10.4 Å². The second-order valence-electron chi connectivity index (χ2n) is 6.73. The highest BCUT2D eigenvalue weighted by Crippen LogP contribution is 2.26. The molecule has 4 aromatic rings. The van der Waals surface area contributed by atoms with Gasteiger partial charge in [0.25, 0.3) is 0 Å². The Bertz CT molecular complexity index is 1080. The van der Waals surface area contributed by atoms with Crippen molar-refractivity contribution < 1.29 is 4.79 Å². The van der Waals surface area contributed by atoms with Gasteiger partial charge in [0.2, 0.25) is 11.1 Å². The topological polar surface area (TPSA) is 70.7 Å². The highest BCUT2D eigenvalue weighted by molar-refractivity contribution is 7.99. The lowest BCUT2D eigenvalue weighted by Gasteiger charge is -2.17. The van der Waals surface area contributed by atoms with Crippen molar-refractivity contribution in [1.82, 2.24) is 20.5 Å². The Labute approximate surface area is 184 Å². The minimum atomic E-state index is -0.154. The van der Waals surface area contributed by atoms with E-state index >= 15 is 0 Å². The van der Waals surface area contributed by atoms with E-state index in [9.17, 15) is 4.79 Å². The lowest BCUT2D eigenvalue weighted by atomic mass is 10.1. The highest BCUT2D eigenvalue weighted by Gasteiger charge is 2.18. The molecule has 152 valence electrons. The number of amides is 1. The van der Waals surface area contributed by atoms with E-state index in [4.69, 9.17) is 0 Å². The lowest BCUT2D eigenvalue weighted by Crippen LogP contribution is -2.30. The van der Waals surface area contributed by atoms with Crippen LogP contribution in [0.4, 0.5) is 0 Å². The third-order valence-electron chi connectivity index (χ3n) is 4.70. The highest BCUT2D eigenvalue weighted by atomic mass is 32.2. The molecule has 5 nitrogen and oxygen atoms in total. The quantitative estimate of drug-likeness (QED) is 0.379. The van der Waals surface area contributed by atoms with Crippen molar-refractivity contribution in [2.75, 3.05) is 5.75 Å². The maximum Gasteiger partial charge on any atom is 0.231 e. The molecule has 4 rings (SSSR count). The van der Waals surface area contributed by atoms with Gasteiger partial charge in [0.15, 0.2) is 5.82 Å². The molecule has 2 aromatic heterocycles. The Hall–Kier alpha value is -2.90. The molecule has 7 heteroatoms. The van der Waals surface area contributed by atoms with Crippen LogP contribution in [0.3, 0.4) is 0 Å². The zero-order chi connectivity index (χ0) is 20.8. The second kappa shape index (κ2) is 9.73. The van der Waals surface area contributed by atoms with Crippen LogP contribution in [-0.2, 0) is 11.2 Å². The summed E-state index contributed by atoms with van der Waals surface area (Å²) in [4.78, 5) is 18.3. The summed E-state index contributed by atoms with van der Waals surface area (Å²) in [6.45, 7) is 2.13. The van der Waals surface area contributed by atoms with Crippen LogP contribution in [0.15, 0.2) is 77.3 Å². The van der Waals surface area contributed by atoms with Gasteiger partial charge in [-0.1, -0.05) is 79.3 Å². The summed E-state index contributed by atoms with van der Waals surface area (Å²) in [6.07, 6.45) is 1.00. The Morgan fingerprint density at radius 1 is 1.10 bits per heavy atom. The van der Waals surface area contributed by atoms with Crippen LogP contribution >= 0.6 is 23.1 Å². The number of nitrogens with zero attached hydrogens (tertiary/aromatic N) is 2. The van der Waals surface area contributed by atoms with Gasteiger partial charge in [-0.25, -0.2) is 4.98 Å². The molecular weight excluding hydrogens is 412 g/mol. The summed E-state index contributed by atoms with van der Waals surface area (Å²) in [7, 11) is 0. The normalized spacial score (nSPS) is 11.9. The summed E-state index contributed by atoms with van der Waals surface area (Å²) >= 11 is 2.96. The molecule has 0 saturated heterocycles. The standard InChI is InChI=1S/C23H22N4OS2/c1-2-16-10-12-18(13-11-16)22-25-23(27-26-22)30-15-20(28)24-21(19-9-6-14-29-19)17-7-4-3-5-8-17/h3-14,21H,2,15H2,1H3,(H,24,28)(H,25,26,27)/t21-/m1/s1. The molecule has 2 aromatic carbocycles. The van der Waals surface area contributed by atoms with E-state index in [0.29, 0.717) is 11.0 Å². The van der Waals surface area contributed by atoms with Crippen LogP contribution < -0.4 is 5.32 Å². The van der Waals surface area contributed by atoms with Gasteiger partial charge < -0.3 is 5.32 Å². The molecule has 0 aliphatic heterocycles. The van der Waals surface area contributed by atoms with Crippen molar-refractivity contribution in [3.05, 3.63) is 88.1 Å². The molecule has 0 spiro atoms. The monoisotopic (exact) mass is 434 g/mol. The van der Waals surface area contributed by atoms with Crippen LogP contribution in [0.1, 0.15) is 29.0 Å². The van der Waals surface area contributed by atoms with Crippen molar-refractivity contribution in [3.63, 3.8) is 0 Å². The molecule has 0 unspecified atom stereocenters. The van der Waals surface area contributed by atoms with Crippen LogP contribution in [0, 0.1) is 0 Å². The lowest BCUT2D eigenvalue weighted by molar-refractivity contribution is -0.119. The average molecular weight is 435 g/mol. The predicted molar refractivity (Wildman–Crippen MR) is 123 cm³/mol. The first-order valence-electron chi connectivity index (χ1n) is 9.75. The van der Waals surface area contributed by atoms with Gasteiger partial charge in [-0.3, -0.25) is 9.89 Å². The number of carbonyl (C=O) groups excluding carboxylic acids is 1. The van der Waals surface area contributed by atoms with E-state index in [1.807, 2.05) is 60.0 Å². The van der Waals surface area contributed by atoms with E-state index < -0.39 is 0 Å². The first-order valence-corrected chi connectivity index (χ1v) is 11.6. The number of thiophene rings is 1. The maximum absolute atomic E-state index is 12.6. The van der Waals surface area contributed by atoms with E-state index in [-0.39, 0.29) is 17.7 Å². The molecular formula is C23H22N4OS2. The van der Waals surface area contributed by atoms with Gasteiger partial charge in [-0.15, -0.1) is 16.4 Å². The first kappa shape index (κ1) is 20.4. The molecule has 0 bridgehead atoms. The third kappa shape index (κ3) is 4.98. The zero-order valence-electron chi connectivity index (χ0n) is 16.5. The number of carbonyl (C=O) groups is 1. The number of aromatic nitrogens is 3. The number of H-pyrrole nitrogens is 1. The van der Waals surface area contributed by atoms with Crippen LogP contribution in [0.25, 0.3) is 11.4 Å². The van der Waals surface area contributed by atoms with Crippen LogP contribution in [-0.4, -0.2) is 26.8 Å².